The summed E-state index contributed by atoms with van der Waals surface area (Å²) in [6.45, 7) is 5.84. The molecule has 0 amide bonds. The van der Waals surface area contributed by atoms with E-state index in [1.165, 1.54) is 12.1 Å². The van der Waals surface area contributed by atoms with Gasteiger partial charge in [0.05, 0.1) is 12.1 Å². The van der Waals surface area contributed by atoms with Crippen LogP contribution < -0.4 is 5.32 Å². The maximum absolute atomic E-state index is 12.3. The Bertz CT molecular complexity index is 415. The number of hydrogen-bond donors (Lipinski definition) is 1. The highest BCUT2D eigenvalue weighted by Gasteiger charge is 2.30. The first-order valence-electron chi connectivity index (χ1n) is 5.55. The number of halogens is 3. The summed E-state index contributed by atoms with van der Waals surface area (Å²) in [4.78, 5) is 11.7. The first-order chi connectivity index (χ1) is 8.09. The smallest absolute Gasteiger partial charge is 0.305 e. The van der Waals surface area contributed by atoms with Gasteiger partial charge in [-0.25, -0.2) is 0 Å². The van der Waals surface area contributed by atoms with Crippen LogP contribution in [0.4, 0.5) is 13.2 Å². The van der Waals surface area contributed by atoms with E-state index < -0.39 is 11.7 Å². The third-order valence-electron chi connectivity index (χ3n) is 2.31. The lowest BCUT2D eigenvalue weighted by Gasteiger charge is -2.19. The SMILES string of the molecule is CC(C)(C)NCC(=O)c1ccc(C(F)(F)F)cc1. The lowest BCUT2D eigenvalue weighted by Crippen LogP contribution is -2.39. The van der Waals surface area contributed by atoms with Crippen molar-refractivity contribution in [2.75, 3.05) is 6.54 Å². The lowest BCUT2D eigenvalue weighted by atomic mass is 10.1. The van der Waals surface area contributed by atoms with Crippen LogP contribution in [0.1, 0.15) is 36.7 Å². The molecule has 100 valence electrons. The molecule has 0 atom stereocenters. The minimum atomic E-state index is -4.37. The van der Waals surface area contributed by atoms with Gasteiger partial charge in [-0.05, 0) is 32.9 Å². The van der Waals surface area contributed by atoms with Crippen LogP contribution in [0.15, 0.2) is 24.3 Å². The number of carbonyl (C=O) groups excluding carboxylic acids is 1. The normalized spacial score (nSPS) is 12.6. The summed E-state index contributed by atoms with van der Waals surface area (Å²) in [7, 11) is 0. The number of ketones is 1. The van der Waals surface area contributed by atoms with E-state index in [0.717, 1.165) is 12.1 Å². The number of alkyl halides is 3. The number of hydrogen-bond acceptors (Lipinski definition) is 2. The van der Waals surface area contributed by atoms with Crippen molar-refractivity contribution < 1.29 is 18.0 Å². The fourth-order valence-electron chi connectivity index (χ4n) is 1.29. The highest BCUT2D eigenvalue weighted by molar-refractivity contribution is 5.97. The van der Waals surface area contributed by atoms with Crippen LogP contribution in [0.2, 0.25) is 0 Å². The maximum atomic E-state index is 12.3. The van der Waals surface area contributed by atoms with Crippen LogP contribution in [0, 0.1) is 0 Å². The zero-order valence-electron chi connectivity index (χ0n) is 10.6. The van der Waals surface area contributed by atoms with E-state index in [-0.39, 0.29) is 23.4 Å². The van der Waals surface area contributed by atoms with Gasteiger partial charge in [-0.3, -0.25) is 4.79 Å². The second kappa shape index (κ2) is 5.10. The molecule has 1 aromatic rings. The molecule has 0 aliphatic rings. The molecule has 1 rings (SSSR count). The summed E-state index contributed by atoms with van der Waals surface area (Å²) in [6.07, 6.45) is -4.37. The van der Waals surface area contributed by atoms with Crippen molar-refractivity contribution in [1.82, 2.24) is 5.32 Å². The van der Waals surface area contributed by atoms with E-state index >= 15 is 0 Å². The predicted octanol–water partition coefficient (Wildman–Crippen LogP) is 3.28. The van der Waals surface area contributed by atoms with Crippen LogP contribution in [-0.4, -0.2) is 17.9 Å². The zero-order valence-corrected chi connectivity index (χ0v) is 10.6. The molecule has 0 radical (unpaired) electrons. The minimum Gasteiger partial charge on any atom is -0.305 e. The minimum absolute atomic E-state index is 0.106. The molecule has 0 aromatic heterocycles. The van der Waals surface area contributed by atoms with Gasteiger partial charge in [-0.15, -0.1) is 0 Å². The Kier molecular flexibility index (Phi) is 4.16. The van der Waals surface area contributed by atoms with Gasteiger partial charge >= 0.3 is 6.18 Å². The molecular formula is C13H16F3NO. The molecule has 0 bridgehead atoms. The van der Waals surface area contributed by atoms with Gasteiger partial charge in [0, 0.05) is 11.1 Å². The van der Waals surface area contributed by atoms with Crippen LogP contribution in [0.25, 0.3) is 0 Å². The van der Waals surface area contributed by atoms with E-state index in [0.29, 0.717) is 0 Å². The van der Waals surface area contributed by atoms with Gasteiger partial charge in [0.15, 0.2) is 5.78 Å². The Morgan fingerprint density at radius 3 is 2.00 bits per heavy atom. The quantitative estimate of drug-likeness (QED) is 0.844. The fraction of sp³-hybridized carbons (Fsp3) is 0.462. The lowest BCUT2D eigenvalue weighted by molar-refractivity contribution is -0.137. The van der Waals surface area contributed by atoms with Gasteiger partial charge < -0.3 is 5.32 Å². The largest absolute Gasteiger partial charge is 0.416 e. The molecule has 0 aliphatic carbocycles. The Labute approximate surface area is 104 Å². The van der Waals surface area contributed by atoms with Crippen molar-refractivity contribution in [1.29, 1.82) is 0 Å². The summed E-state index contributed by atoms with van der Waals surface area (Å²) in [6, 6.07) is 4.25. The van der Waals surface area contributed by atoms with Crippen molar-refractivity contribution in [3.63, 3.8) is 0 Å². The molecule has 18 heavy (non-hydrogen) atoms. The summed E-state index contributed by atoms with van der Waals surface area (Å²) in [5.74, 6) is -0.223. The highest BCUT2D eigenvalue weighted by Crippen LogP contribution is 2.29. The van der Waals surface area contributed by atoms with E-state index in [1.54, 1.807) is 0 Å². The first kappa shape index (κ1) is 14.7. The topological polar surface area (TPSA) is 29.1 Å². The van der Waals surface area contributed by atoms with Gasteiger partial charge in [0.1, 0.15) is 0 Å². The summed E-state index contributed by atoms with van der Waals surface area (Å²) >= 11 is 0. The monoisotopic (exact) mass is 259 g/mol. The highest BCUT2D eigenvalue weighted by atomic mass is 19.4. The average molecular weight is 259 g/mol. The molecule has 2 nitrogen and oxygen atoms in total. The molecule has 0 fully saturated rings. The Hall–Kier alpha value is -1.36. The molecule has 0 saturated heterocycles. The standard InChI is InChI=1S/C13H16F3NO/c1-12(2,3)17-8-11(18)9-4-6-10(7-5-9)13(14,15)16/h4-7,17H,8H2,1-3H3. The first-order valence-corrected chi connectivity index (χ1v) is 5.55. The molecule has 0 heterocycles. The van der Waals surface area contributed by atoms with E-state index in [9.17, 15) is 18.0 Å². The second-order valence-corrected chi connectivity index (χ2v) is 5.10. The number of Topliss-reactive ketones (excluding diaryl/α,β-unsaturated/α-hetero) is 1. The molecule has 0 saturated carbocycles. The van der Waals surface area contributed by atoms with Crippen LogP contribution in [0.3, 0.4) is 0 Å². The predicted molar refractivity (Wildman–Crippen MR) is 63.5 cm³/mol. The van der Waals surface area contributed by atoms with Crippen molar-refractivity contribution >= 4 is 5.78 Å². The maximum Gasteiger partial charge on any atom is 0.416 e. The number of nitrogens with one attached hydrogen (secondary N) is 1. The van der Waals surface area contributed by atoms with Crippen molar-refractivity contribution in [3.8, 4) is 0 Å². The summed E-state index contributed by atoms with van der Waals surface area (Å²) < 4.78 is 37.0. The summed E-state index contributed by atoms with van der Waals surface area (Å²) in [5, 5.41) is 2.99. The third-order valence-corrected chi connectivity index (χ3v) is 2.31. The van der Waals surface area contributed by atoms with Gasteiger partial charge in [0.2, 0.25) is 0 Å². The number of benzene rings is 1. The Balaban J connectivity index is 2.71. The van der Waals surface area contributed by atoms with Gasteiger partial charge in [0.25, 0.3) is 0 Å². The van der Waals surface area contributed by atoms with Crippen LogP contribution in [0.5, 0.6) is 0 Å². The summed E-state index contributed by atoms with van der Waals surface area (Å²) in [5.41, 5.74) is -0.677. The fourth-order valence-corrected chi connectivity index (χ4v) is 1.29. The second-order valence-electron chi connectivity index (χ2n) is 5.10. The molecule has 0 aliphatic heterocycles. The van der Waals surface area contributed by atoms with E-state index in [1.807, 2.05) is 20.8 Å². The molecule has 5 heteroatoms. The number of carbonyl (C=O) groups is 1. The number of rotatable bonds is 3. The molecular weight excluding hydrogens is 243 g/mol. The average Bonchev–Trinajstić information content (AvgIpc) is 2.24. The van der Waals surface area contributed by atoms with Crippen LogP contribution >= 0.6 is 0 Å². The Morgan fingerprint density at radius 2 is 1.61 bits per heavy atom. The Morgan fingerprint density at radius 1 is 1.11 bits per heavy atom. The van der Waals surface area contributed by atoms with E-state index in [2.05, 4.69) is 5.32 Å². The van der Waals surface area contributed by atoms with Crippen molar-refractivity contribution in [2.24, 2.45) is 0 Å². The zero-order chi connectivity index (χ0) is 14.0. The van der Waals surface area contributed by atoms with Crippen molar-refractivity contribution in [3.05, 3.63) is 35.4 Å². The van der Waals surface area contributed by atoms with Crippen LogP contribution in [-0.2, 0) is 6.18 Å². The van der Waals surface area contributed by atoms with Crippen molar-refractivity contribution in [2.45, 2.75) is 32.5 Å². The molecule has 1 aromatic carbocycles. The molecule has 0 spiro atoms. The molecule has 1 N–H and O–H groups in total. The van der Waals surface area contributed by atoms with E-state index in [4.69, 9.17) is 0 Å². The molecule has 0 unspecified atom stereocenters. The van der Waals surface area contributed by atoms with Gasteiger partial charge in [-0.2, -0.15) is 13.2 Å². The van der Waals surface area contributed by atoms with Gasteiger partial charge in [-0.1, -0.05) is 12.1 Å². The third kappa shape index (κ3) is 4.49.